The molecule has 1 heterocycles. The molecule has 1 N–H and O–H groups in total. The average Bonchev–Trinajstić information content (AvgIpc) is 3.17. The van der Waals surface area contributed by atoms with E-state index in [1.807, 2.05) is 30.3 Å². The van der Waals surface area contributed by atoms with Crippen molar-refractivity contribution in [3.63, 3.8) is 0 Å². The zero-order valence-electron chi connectivity index (χ0n) is 16.9. The molecule has 2 rings (SSSR count). The summed E-state index contributed by atoms with van der Waals surface area (Å²) in [5.41, 5.74) is 0.161. The van der Waals surface area contributed by atoms with E-state index in [4.69, 9.17) is 9.47 Å². The summed E-state index contributed by atoms with van der Waals surface area (Å²) in [6.45, 7) is 6.83. The van der Waals surface area contributed by atoms with E-state index < -0.39 is 23.7 Å². The second-order valence-corrected chi connectivity index (χ2v) is 7.92. The second kappa shape index (κ2) is 10.1. The number of hydrogen-bond donors (Lipinski definition) is 1. The molecule has 1 fully saturated rings. The summed E-state index contributed by atoms with van der Waals surface area (Å²) >= 11 is 0. The van der Waals surface area contributed by atoms with Crippen molar-refractivity contribution >= 4 is 18.0 Å². The first-order valence-corrected chi connectivity index (χ1v) is 9.72. The first-order valence-electron chi connectivity index (χ1n) is 9.72. The van der Waals surface area contributed by atoms with E-state index in [0.29, 0.717) is 0 Å². The number of hydrogen-bond acceptors (Lipinski definition) is 5. The van der Waals surface area contributed by atoms with Crippen LogP contribution in [0.2, 0.25) is 0 Å². The molecule has 0 unspecified atom stereocenters. The Morgan fingerprint density at radius 1 is 1.11 bits per heavy atom. The molecule has 1 atom stereocenters. The summed E-state index contributed by atoms with van der Waals surface area (Å²) in [5.74, 6) is -0.590. The Hall–Kier alpha value is -2.57. The molecular formula is C21H30N2O5. The Kier molecular flexibility index (Phi) is 7.84. The van der Waals surface area contributed by atoms with Crippen LogP contribution in [0.1, 0.15) is 52.0 Å². The highest BCUT2D eigenvalue weighted by atomic mass is 16.6. The van der Waals surface area contributed by atoms with E-state index in [-0.39, 0.29) is 25.4 Å². The van der Waals surface area contributed by atoms with Crippen molar-refractivity contribution < 1.29 is 23.9 Å². The molecule has 28 heavy (non-hydrogen) atoms. The molecule has 0 saturated carbocycles. The second-order valence-electron chi connectivity index (χ2n) is 7.92. The molecule has 0 spiro atoms. The van der Waals surface area contributed by atoms with Crippen molar-refractivity contribution in [3.8, 4) is 0 Å². The Labute approximate surface area is 166 Å². The van der Waals surface area contributed by atoms with E-state index in [1.165, 1.54) is 0 Å². The van der Waals surface area contributed by atoms with Crippen LogP contribution in [-0.4, -0.2) is 47.6 Å². The van der Waals surface area contributed by atoms with Gasteiger partial charge in [-0.25, -0.2) is 9.59 Å². The lowest BCUT2D eigenvalue weighted by atomic mass is 10.1. The molecule has 1 saturated heterocycles. The van der Waals surface area contributed by atoms with Gasteiger partial charge in [0.25, 0.3) is 0 Å². The molecular weight excluding hydrogens is 360 g/mol. The van der Waals surface area contributed by atoms with Gasteiger partial charge in [0.05, 0.1) is 0 Å². The zero-order valence-corrected chi connectivity index (χ0v) is 16.9. The van der Waals surface area contributed by atoms with Crippen molar-refractivity contribution in [2.75, 3.05) is 13.1 Å². The van der Waals surface area contributed by atoms with Crippen LogP contribution in [-0.2, 0) is 25.7 Å². The van der Waals surface area contributed by atoms with Gasteiger partial charge in [-0.1, -0.05) is 30.3 Å². The summed E-state index contributed by atoms with van der Waals surface area (Å²) in [4.78, 5) is 38.7. The SMILES string of the molecule is CC(C)(C)OC(=O)N[C@H](CCC(=O)N1CCCC1)C(=O)OCc1ccccc1. The number of carbonyl (C=O) groups excluding carboxylic acids is 3. The highest BCUT2D eigenvalue weighted by molar-refractivity contribution is 5.83. The highest BCUT2D eigenvalue weighted by Gasteiger charge is 2.27. The Balaban J connectivity index is 1.94. The monoisotopic (exact) mass is 390 g/mol. The third kappa shape index (κ3) is 7.58. The lowest BCUT2D eigenvalue weighted by Crippen LogP contribution is -2.45. The van der Waals surface area contributed by atoms with Crippen molar-refractivity contribution in [1.29, 1.82) is 0 Å². The molecule has 154 valence electrons. The van der Waals surface area contributed by atoms with Crippen molar-refractivity contribution in [3.05, 3.63) is 35.9 Å². The quantitative estimate of drug-likeness (QED) is 0.724. The zero-order chi connectivity index (χ0) is 20.6. The molecule has 0 aliphatic carbocycles. The Bertz CT molecular complexity index is 663. The van der Waals surface area contributed by atoms with Gasteiger partial charge >= 0.3 is 12.1 Å². The molecule has 2 amide bonds. The van der Waals surface area contributed by atoms with E-state index in [9.17, 15) is 14.4 Å². The number of alkyl carbamates (subject to hydrolysis) is 1. The summed E-state index contributed by atoms with van der Waals surface area (Å²) in [6, 6.07) is 8.34. The minimum absolute atomic E-state index is 0.00986. The Morgan fingerprint density at radius 2 is 1.75 bits per heavy atom. The summed E-state index contributed by atoms with van der Waals surface area (Å²) in [7, 11) is 0. The molecule has 1 aliphatic heterocycles. The first kappa shape index (κ1) is 21.7. The first-order chi connectivity index (χ1) is 13.2. The van der Waals surface area contributed by atoms with Gasteiger partial charge in [0, 0.05) is 19.5 Å². The van der Waals surface area contributed by atoms with Crippen molar-refractivity contribution in [2.45, 2.75) is 64.7 Å². The van der Waals surface area contributed by atoms with E-state index >= 15 is 0 Å². The van der Waals surface area contributed by atoms with Gasteiger partial charge in [0.15, 0.2) is 0 Å². The van der Waals surface area contributed by atoms with E-state index in [0.717, 1.165) is 31.5 Å². The predicted molar refractivity (Wildman–Crippen MR) is 104 cm³/mol. The summed E-state index contributed by atoms with van der Waals surface area (Å²) in [6.07, 6.45) is 1.64. The van der Waals surface area contributed by atoms with Crippen LogP contribution in [0, 0.1) is 0 Å². The number of rotatable bonds is 7. The van der Waals surface area contributed by atoms with Gasteiger partial charge in [-0.2, -0.15) is 0 Å². The van der Waals surface area contributed by atoms with E-state index in [2.05, 4.69) is 5.32 Å². The number of benzene rings is 1. The van der Waals surface area contributed by atoms with Crippen LogP contribution in [0.4, 0.5) is 4.79 Å². The van der Waals surface area contributed by atoms with Gasteiger partial charge in [-0.05, 0) is 45.6 Å². The molecule has 0 radical (unpaired) electrons. The lowest BCUT2D eigenvalue weighted by Gasteiger charge is -2.23. The summed E-state index contributed by atoms with van der Waals surface area (Å²) < 4.78 is 10.6. The number of likely N-dealkylation sites (tertiary alicyclic amines) is 1. The third-order valence-corrected chi connectivity index (χ3v) is 4.31. The number of ether oxygens (including phenoxy) is 2. The van der Waals surface area contributed by atoms with Crippen LogP contribution in [0.15, 0.2) is 30.3 Å². The van der Waals surface area contributed by atoms with E-state index in [1.54, 1.807) is 25.7 Å². The highest BCUT2D eigenvalue weighted by Crippen LogP contribution is 2.13. The third-order valence-electron chi connectivity index (χ3n) is 4.31. The summed E-state index contributed by atoms with van der Waals surface area (Å²) in [5, 5.41) is 2.55. The number of esters is 1. The minimum Gasteiger partial charge on any atom is -0.459 e. The number of amides is 2. The van der Waals surface area contributed by atoms with Gasteiger partial charge in [0.1, 0.15) is 18.2 Å². The minimum atomic E-state index is -0.940. The average molecular weight is 390 g/mol. The van der Waals surface area contributed by atoms with Gasteiger partial charge in [-0.15, -0.1) is 0 Å². The largest absolute Gasteiger partial charge is 0.459 e. The van der Waals surface area contributed by atoms with Crippen LogP contribution >= 0.6 is 0 Å². The maximum atomic E-state index is 12.5. The number of carbonyl (C=O) groups is 3. The molecule has 0 aromatic heterocycles. The number of nitrogens with zero attached hydrogens (tertiary/aromatic N) is 1. The maximum Gasteiger partial charge on any atom is 0.408 e. The van der Waals surface area contributed by atoms with Crippen LogP contribution in [0.25, 0.3) is 0 Å². The Morgan fingerprint density at radius 3 is 2.36 bits per heavy atom. The number of nitrogens with one attached hydrogen (secondary N) is 1. The fraction of sp³-hybridized carbons (Fsp3) is 0.571. The molecule has 1 aromatic rings. The molecule has 0 bridgehead atoms. The standard InChI is InChI=1S/C21H30N2O5/c1-21(2,3)28-20(26)22-17(11-12-18(24)23-13-7-8-14-23)19(25)27-15-16-9-5-4-6-10-16/h4-6,9-10,17H,7-8,11-15H2,1-3H3,(H,22,26)/t17-/m1/s1. The van der Waals surface area contributed by atoms with Gasteiger partial charge in [0.2, 0.25) is 5.91 Å². The molecule has 1 aliphatic rings. The molecule has 1 aromatic carbocycles. The maximum absolute atomic E-state index is 12.5. The topological polar surface area (TPSA) is 84.9 Å². The lowest BCUT2D eigenvalue weighted by molar-refractivity contribution is -0.147. The fourth-order valence-corrected chi connectivity index (χ4v) is 2.92. The molecule has 7 nitrogen and oxygen atoms in total. The van der Waals surface area contributed by atoms with Crippen LogP contribution in [0.3, 0.4) is 0 Å². The predicted octanol–water partition coefficient (Wildman–Crippen LogP) is 3.03. The smallest absolute Gasteiger partial charge is 0.408 e. The van der Waals surface area contributed by atoms with Gasteiger partial charge < -0.3 is 19.7 Å². The fourth-order valence-electron chi connectivity index (χ4n) is 2.92. The molecule has 7 heteroatoms. The van der Waals surface area contributed by atoms with Gasteiger partial charge in [-0.3, -0.25) is 4.79 Å². The normalized spacial score (nSPS) is 15.0. The van der Waals surface area contributed by atoms with Crippen molar-refractivity contribution in [2.24, 2.45) is 0 Å². The van der Waals surface area contributed by atoms with Crippen molar-refractivity contribution in [1.82, 2.24) is 10.2 Å². The van der Waals surface area contributed by atoms with Crippen LogP contribution in [0.5, 0.6) is 0 Å². The van der Waals surface area contributed by atoms with Crippen LogP contribution < -0.4 is 5.32 Å².